The van der Waals surface area contributed by atoms with Crippen LogP contribution in [0.5, 0.6) is 11.5 Å². The molecule has 0 radical (unpaired) electrons. The minimum Gasteiger partial charge on any atom is -0.504 e. The van der Waals surface area contributed by atoms with Gasteiger partial charge in [0.25, 0.3) is 0 Å². The lowest BCUT2D eigenvalue weighted by Crippen LogP contribution is -2.09. The molecule has 0 bridgehead atoms. The number of benzene rings is 1. The van der Waals surface area contributed by atoms with E-state index in [1.165, 1.54) is 7.11 Å². The average Bonchev–Trinajstić information content (AvgIpc) is 2.19. The van der Waals surface area contributed by atoms with Gasteiger partial charge in [0.1, 0.15) is 0 Å². The molecule has 0 saturated heterocycles. The third-order valence-electron chi connectivity index (χ3n) is 2.18. The molecule has 1 aromatic rings. The molecule has 1 rings (SSSR count). The van der Waals surface area contributed by atoms with Crippen molar-refractivity contribution in [3.05, 3.63) is 22.2 Å². The maximum Gasteiger partial charge on any atom is 0.161 e. The van der Waals surface area contributed by atoms with Crippen LogP contribution in [0.4, 0.5) is 0 Å². The van der Waals surface area contributed by atoms with Gasteiger partial charge in [0, 0.05) is 4.47 Å². The number of hydrogen-bond acceptors (Lipinski definition) is 3. The molecule has 4 heteroatoms. The lowest BCUT2D eigenvalue weighted by atomic mass is 10.0. The largest absolute Gasteiger partial charge is 0.504 e. The topological polar surface area (TPSA) is 55.5 Å². The molecule has 0 aliphatic heterocycles. The molecule has 0 saturated carbocycles. The zero-order valence-electron chi connectivity index (χ0n) is 8.25. The Morgan fingerprint density at radius 2 is 2.21 bits per heavy atom. The van der Waals surface area contributed by atoms with Gasteiger partial charge in [-0.25, -0.2) is 0 Å². The first kappa shape index (κ1) is 11.3. The molecule has 0 aromatic heterocycles. The van der Waals surface area contributed by atoms with E-state index in [1.807, 2.05) is 6.92 Å². The Morgan fingerprint density at radius 3 is 2.71 bits per heavy atom. The van der Waals surface area contributed by atoms with Crippen molar-refractivity contribution in [2.75, 3.05) is 13.7 Å². The van der Waals surface area contributed by atoms with Gasteiger partial charge in [-0.05, 0) is 30.2 Å². The number of phenols is 1. The number of hydrogen-bond donors (Lipinski definition) is 2. The van der Waals surface area contributed by atoms with E-state index in [4.69, 9.17) is 10.5 Å². The normalized spacial score (nSPS) is 12.6. The molecule has 78 valence electrons. The van der Waals surface area contributed by atoms with Gasteiger partial charge in [-0.1, -0.05) is 22.9 Å². The molecule has 0 spiro atoms. The van der Waals surface area contributed by atoms with E-state index in [0.29, 0.717) is 12.3 Å². The summed E-state index contributed by atoms with van der Waals surface area (Å²) in [6, 6.07) is 3.43. The molecule has 0 amide bonds. The van der Waals surface area contributed by atoms with Gasteiger partial charge in [-0.15, -0.1) is 0 Å². The van der Waals surface area contributed by atoms with E-state index in [0.717, 1.165) is 10.0 Å². The Bertz CT molecular complexity index is 328. The first-order valence-electron chi connectivity index (χ1n) is 4.36. The lowest BCUT2D eigenvalue weighted by Gasteiger charge is -2.13. The van der Waals surface area contributed by atoms with Crippen LogP contribution < -0.4 is 10.5 Å². The Hall–Kier alpha value is -0.740. The van der Waals surface area contributed by atoms with Crippen LogP contribution in [0.1, 0.15) is 18.4 Å². The molecule has 0 aliphatic carbocycles. The SMILES string of the molecule is COc1cc(Br)c(C(C)CN)cc1O. The molecular formula is C10H14BrNO2. The van der Waals surface area contributed by atoms with E-state index in [-0.39, 0.29) is 11.7 Å². The summed E-state index contributed by atoms with van der Waals surface area (Å²) in [5, 5.41) is 9.57. The molecule has 0 heterocycles. The monoisotopic (exact) mass is 259 g/mol. The summed E-state index contributed by atoms with van der Waals surface area (Å²) >= 11 is 3.42. The van der Waals surface area contributed by atoms with Crippen LogP contribution in [0.25, 0.3) is 0 Å². The average molecular weight is 260 g/mol. The van der Waals surface area contributed by atoms with Crippen LogP contribution >= 0.6 is 15.9 Å². The number of rotatable bonds is 3. The van der Waals surface area contributed by atoms with Gasteiger partial charge >= 0.3 is 0 Å². The number of methoxy groups -OCH3 is 1. The minimum absolute atomic E-state index is 0.144. The third-order valence-corrected chi connectivity index (χ3v) is 2.87. The second-order valence-corrected chi connectivity index (χ2v) is 4.04. The Balaban J connectivity index is 3.14. The number of halogens is 1. The molecule has 1 aromatic carbocycles. The maximum absolute atomic E-state index is 9.57. The second-order valence-electron chi connectivity index (χ2n) is 3.18. The molecule has 3 nitrogen and oxygen atoms in total. The highest BCUT2D eigenvalue weighted by Gasteiger charge is 2.12. The number of phenolic OH excluding ortho intramolecular Hbond substituents is 1. The van der Waals surface area contributed by atoms with Crippen molar-refractivity contribution in [3.8, 4) is 11.5 Å². The molecule has 3 N–H and O–H groups in total. The van der Waals surface area contributed by atoms with Crippen LogP contribution in [-0.2, 0) is 0 Å². The van der Waals surface area contributed by atoms with Gasteiger partial charge in [-0.2, -0.15) is 0 Å². The van der Waals surface area contributed by atoms with Crippen molar-refractivity contribution in [2.24, 2.45) is 5.73 Å². The van der Waals surface area contributed by atoms with Crippen molar-refractivity contribution in [1.82, 2.24) is 0 Å². The van der Waals surface area contributed by atoms with Crippen molar-refractivity contribution in [1.29, 1.82) is 0 Å². The quantitative estimate of drug-likeness (QED) is 0.876. The molecular weight excluding hydrogens is 246 g/mol. The predicted molar refractivity (Wildman–Crippen MR) is 59.8 cm³/mol. The van der Waals surface area contributed by atoms with Crippen LogP contribution in [0.15, 0.2) is 16.6 Å². The van der Waals surface area contributed by atoms with Gasteiger partial charge < -0.3 is 15.6 Å². The van der Waals surface area contributed by atoms with Crippen LogP contribution in [0, 0.1) is 0 Å². The van der Waals surface area contributed by atoms with E-state index in [9.17, 15) is 5.11 Å². The molecule has 1 unspecified atom stereocenters. The zero-order chi connectivity index (χ0) is 10.7. The highest BCUT2D eigenvalue weighted by molar-refractivity contribution is 9.10. The van der Waals surface area contributed by atoms with E-state index < -0.39 is 0 Å². The molecule has 1 atom stereocenters. The second kappa shape index (κ2) is 4.66. The fourth-order valence-electron chi connectivity index (χ4n) is 1.23. The van der Waals surface area contributed by atoms with Crippen LogP contribution in [0.2, 0.25) is 0 Å². The van der Waals surface area contributed by atoms with Gasteiger partial charge in [0.05, 0.1) is 7.11 Å². The zero-order valence-corrected chi connectivity index (χ0v) is 9.84. The highest BCUT2D eigenvalue weighted by atomic mass is 79.9. The number of nitrogens with two attached hydrogens (primary N) is 1. The first-order valence-corrected chi connectivity index (χ1v) is 5.16. The van der Waals surface area contributed by atoms with Crippen LogP contribution in [-0.4, -0.2) is 18.8 Å². The highest BCUT2D eigenvalue weighted by Crippen LogP contribution is 2.35. The number of ether oxygens (including phenoxy) is 1. The third kappa shape index (κ3) is 2.19. The predicted octanol–water partition coefficient (Wildman–Crippen LogP) is 2.23. The maximum atomic E-state index is 9.57. The molecule has 14 heavy (non-hydrogen) atoms. The van der Waals surface area contributed by atoms with E-state index in [1.54, 1.807) is 12.1 Å². The van der Waals surface area contributed by atoms with E-state index >= 15 is 0 Å². The summed E-state index contributed by atoms with van der Waals surface area (Å²) in [6.45, 7) is 2.55. The van der Waals surface area contributed by atoms with Gasteiger partial charge in [0.15, 0.2) is 11.5 Å². The van der Waals surface area contributed by atoms with Crippen molar-refractivity contribution in [3.63, 3.8) is 0 Å². The summed E-state index contributed by atoms with van der Waals surface area (Å²) < 4.78 is 5.89. The summed E-state index contributed by atoms with van der Waals surface area (Å²) in [7, 11) is 1.52. The first-order chi connectivity index (χ1) is 6.60. The lowest BCUT2D eigenvalue weighted by molar-refractivity contribution is 0.372. The fourth-order valence-corrected chi connectivity index (χ4v) is 1.94. The molecule has 0 aliphatic rings. The van der Waals surface area contributed by atoms with E-state index in [2.05, 4.69) is 15.9 Å². The van der Waals surface area contributed by atoms with Crippen molar-refractivity contribution < 1.29 is 9.84 Å². The Kier molecular flexibility index (Phi) is 3.77. The molecule has 0 fully saturated rings. The van der Waals surface area contributed by atoms with Crippen molar-refractivity contribution in [2.45, 2.75) is 12.8 Å². The standard InChI is InChI=1S/C10H14BrNO2/c1-6(5-12)7-3-9(13)10(14-2)4-8(7)11/h3-4,6,13H,5,12H2,1-2H3. The van der Waals surface area contributed by atoms with Gasteiger partial charge in [0.2, 0.25) is 0 Å². The summed E-state index contributed by atoms with van der Waals surface area (Å²) in [6.07, 6.45) is 0. The smallest absolute Gasteiger partial charge is 0.161 e. The van der Waals surface area contributed by atoms with Crippen LogP contribution in [0.3, 0.4) is 0 Å². The van der Waals surface area contributed by atoms with Gasteiger partial charge in [-0.3, -0.25) is 0 Å². The Labute approximate surface area is 92.0 Å². The minimum atomic E-state index is 0.144. The summed E-state index contributed by atoms with van der Waals surface area (Å²) in [4.78, 5) is 0. The van der Waals surface area contributed by atoms with Crippen molar-refractivity contribution >= 4 is 15.9 Å². The number of aromatic hydroxyl groups is 1. The summed E-state index contributed by atoms with van der Waals surface area (Å²) in [5.74, 6) is 0.817. The Morgan fingerprint density at radius 1 is 1.57 bits per heavy atom. The summed E-state index contributed by atoms with van der Waals surface area (Å²) in [5.41, 5.74) is 6.55. The fraction of sp³-hybridized carbons (Fsp3) is 0.400.